The highest BCUT2D eigenvalue weighted by atomic mass is 16.3. The Bertz CT molecular complexity index is 2290. The molecule has 0 aliphatic carbocycles. The molecule has 0 saturated carbocycles. The van der Waals surface area contributed by atoms with Crippen LogP contribution >= 0.6 is 0 Å². The molecule has 1 aliphatic heterocycles. The third-order valence-electron chi connectivity index (χ3n) is 8.28. The van der Waals surface area contributed by atoms with Gasteiger partial charge in [0.05, 0.1) is 11.4 Å². The largest absolute Gasteiger partial charge is 0.456 e. The number of aromatic nitrogens is 3. The van der Waals surface area contributed by atoms with Crippen molar-refractivity contribution in [2.24, 2.45) is 0 Å². The predicted molar refractivity (Wildman–Crippen MR) is 177 cm³/mol. The maximum atomic E-state index is 6.43. The molecule has 3 heterocycles. The molecular formula is C39H24N4O. The van der Waals surface area contributed by atoms with Crippen LogP contribution in [0.1, 0.15) is 0 Å². The van der Waals surface area contributed by atoms with Crippen molar-refractivity contribution in [3.8, 4) is 45.0 Å². The van der Waals surface area contributed by atoms with Gasteiger partial charge in [-0.2, -0.15) is 9.97 Å². The van der Waals surface area contributed by atoms with Gasteiger partial charge in [-0.15, -0.1) is 0 Å². The van der Waals surface area contributed by atoms with Gasteiger partial charge in [-0.05, 0) is 29.3 Å². The topological polar surface area (TPSA) is 55.1 Å². The molecular weight excluding hydrogens is 540 g/mol. The minimum Gasteiger partial charge on any atom is -0.456 e. The third-order valence-corrected chi connectivity index (χ3v) is 8.28. The first kappa shape index (κ1) is 24.5. The van der Waals surface area contributed by atoms with Crippen LogP contribution in [0, 0.1) is 0 Å². The average Bonchev–Trinajstić information content (AvgIpc) is 3.41. The van der Waals surface area contributed by atoms with Crippen molar-refractivity contribution in [3.05, 3.63) is 146 Å². The molecule has 44 heavy (non-hydrogen) atoms. The summed E-state index contributed by atoms with van der Waals surface area (Å²) in [6.45, 7) is 0. The number of nitrogens with zero attached hydrogens (tertiary/aromatic N) is 4. The van der Waals surface area contributed by atoms with E-state index >= 15 is 0 Å². The number of hydrogen-bond acceptors (Lipinski definition) is 5. The molecule has 1 aliphatic rings. The Kier molecular flexibility index (Phi) is 5.43. The summed E-state index contributed by atoms with van der Waals surface area (Å²) in [6, 6.07) is 49.8. The highest BCUT2D eigenvalue weighted by Crippen LogP contribution is 2.51. The number of hydrogen-bond donors (Lipinski definition) is 0. The minimum absolute atomic E-state index is 0.537. The molecule has 8 aromatic rings. The van der Waals surface area contributed by atoms with Crippen LogP contribution in [-0.4, -0.2) is 15.0 Å². The molecule has 0 atom stereocenters. The lowest BCUT2D eigenvalue weighted by Crippen LogP contribution is -2.16. The van der Waals surface area contributed by atoms with E-state index in [1.807, 2.05) is 72.8 Å². The lowest BCUT2D eigenvalue weighted by Gasteiger charge is -2.25. The van der Waals surface area contributed by atoms with Crippen molar-refractivity contribution < 1.29 is 4.42 Å². The second-order valence-electron chi connectivity index (χ2n) is 10.9. The Morgan fingerprint density at radius 1 is 0.409 bits per heavy atom. The molecule has 6 aromatic carbocycles. The summed E-state index contributed by atoms with van der Waals surface area (Å²) < 4.78 is 6.43. The number of fused-ring (bicyclic) bond motifs is 8. The van der Waals surface area contributed by atoms with E-state index in [2.05, 4.69) is 77.7 Å². The first-order valence-corrected chi connectivity index (χ1v) is 14.6. The SMILES string of the molecule is c1ccc(-c2nc(-c3ccccc3)nc(N3c4ccccc4-c4ccccc4-c4cc5c(cc43)oc3ccccc35)n2)cc1. The summed E-state index contributed by atoms with van der Waals surface area (Å²) >= 11 is 0. The van der Waals surface area contributed by atoms with E-state index in [1.54, 1.807) is 0 Å². The van der Waals surface area contributed by atoms with Gasteiger partial charge in [0.2, 0.25) is 5.95 Å². The fourth-order valence-corrected chi connectivity index (χ4v) is 6.25. The van der Waals surface area contributed by atoms with Crippen LogP contribution < -0.4 is 4.90 Å². The normalized spacial score (nSPS) is 12.0. The van der Waals surface area contributed by atoms with Crippen molar-refractivity contribution in [3.63, 3.8) is 0 Å². The van der Waals surface area contributed by atoms with E-state index in [0.29, 0.717) is 17.6 Å². The first-order valence-electron chi connectivity index (χ1n) is 14.6. The smallest absolute Gasteiger partial charge is 0.238 e. The Hall–Kier alpha value is -6.07. The third kappa shape index (κ3) is 3.83. The standard InChI is InChI=1S/C39H24N4O/c1-3-13-25(14-4-1)37-40-38(26-15-5-2-6-16-26)42-39(41-37)43-33-21-11-9-19-29(33)27-17-7-8-18-28(27)31-23-32-30-20-10-12-22-35(30)44-36(32)24-34(31)43/h1-24H. The zero-order valence-corrected chi connectivity index (χ0v) is 23.6. The van der Waals surface area contributed by atoms with E-state index in [0.717, 1.165) is 66.7 Å². The highest BCUT2D eigenvalue weighted by Gasteiger charge is 2.29. The molecule has 0 saturated heterocycles. The van der Waals surface area contributed by atoms with Crippen LogP contribution in [-0.2, 0) is 0 Å². The van der Waals surface area contributed by atoms with Gasteiger partial charge >= 0.3 is 0 Å². The van der Waals surface area contributed by atoms with Crippen molar-refractivity contribution in [2.75, 3.05) is 4.90 Å². The zero-order chi connectivity index (χ0) is 29.0. The Balaban J connectivity index is 1.40. The average molecular weight is 565 g/mol. The number of benzene rings is 6. The maximum absolute atomic E-state index is 6.43. The van der Waals surface area contributed by atoms with Gasteiger partial charge in [-0.1, -0.05) is 121 Å². The molecule has 9 rings (SSSR count). The van der Waals surface area contributed by atoms with Gasteiger partial charge in [-0.3, -0.25) is 4.90 Å². The molecule has 0 spiro atoms. The van der Waals surface area contributed by atoms with Gasteiger partial charge < -0.3 is 4.42 Å². The molecule has 206 valence electrons. The van der Waals surface area contributed by atoms with Crippen molar-refractivity contribution in [2.45, 2.75) is 0 Å². The fourth-order valence-electron chi connectivity index (χ4n) is 6.25. The van der Waals surface area contributed by atoms with Gasteiger partial charge in [0.25, 0.3) is 0 Å². The van der Waals surface area contributed by atoms with Crippen molar-refractivity contribution in [1.29, 1.82) is 0 Å². The van der Waals surface area contributed by atoms with Crippen LogP contribution in [0.25, 0.3) is 67.0 Å². The van der Waals surface area contributed by atoms with Crippen molar-refractivity contribution >= 4 is 39.3 Å². The molecule has 0 bridgehead atoms. The summed E-state index contributed by atoms with van der Waals surface area (Å²) in [5.74, 6) is 1.76. The fraction of sp³-hybridized carbons (Fsp3) is 0. The van der Waals surface area contributed by atoms with Crippen LogP contribution in [0.4, 0.5) is 17.3 Å². The highest BCUT2D eigenvalue weighted by molar-refractivity contribution is 6.11. The molecule has 0 radical (unpaired) electrons. The van der Waals surface area contributed by atoms with Gasteiger partial charge in [-0.25, -0.2) is 4.98 Å². The summed E-state index contributed by atoms with van der Waals surface area (Å²) in [5.41, 5.74) is 9.93. The van der Waals surface area contributed by atoms with Crippen LogP contribution in [0.2, 0.25) is 0 Å². The quantitative estimate of drug-likeness (QED) is 0.214. The second kappa shape index (κ2) is 9.75. The first-order chi connectivity index (χ1) is 21.8. The Morgan fingerprint density at radius 3 is 1.68 bits per heavy atom. The maximum Gasteiger partial charge on any atom is 0.238 e. The molecule has 0 amide bonds. The van der Waals surface area contributed by atoms with Crippen LogP contribution in [0.15, 0.2) is 150 Å². The monoisotopic (exact) mass is 564 g/mol. The number of para-hydroxylation sites is 2. The minimum atomic E-state index is 0.537. The second-order valence-corrected chi connectivity index (χ2v) is 10.9. The van der Waals surface area contributed by atoms with E-state index in [-0.39, 0.29) is 0 Å². The number of anilines is 3. The summed E-state index contributed by atoms with van der Waals surface area (Å²) in [5, 5.41) is 2.17. The lowest BCUT2D eigenvalue weighted by molar-refractivity contribution is 0.669. The van der Waals surface area contributed by atoms with Gasteiger partial charge in [0.15, 0.2) is 11.6 Å². The Morgan fingerprint density at radius 2 is 0.977 bits per heavy atom. The predicted octanol–water partition coefficient (Wildman–Crippen LogP) is 10.2. The molecule has 5 nitrogen and oxygen atoms in total. The molecule has 5 heteroatoms. The molecule has 0 unspecified atom stereocenters. The summed E-state index contributed by atoms with van der Waals surface area (Å²) in [6.07, 6.45) is 0. The summed E-state index contributed by atoms with van der Waals surface area (Å²) in [4.78, 5) is 17.4. The van der Waals surface area contributed by atoms with E-state index in [1.165, 1.54) is 0 Å². The zero-order valence-electron chi connectivity index (χ0n) is 23.6. The van der Waals surface area contributed by atoms with E-state index in [9.17, 15) is 0 Å². The van der Waals surface area contributed by atoms with Gasteiger partial charge in [0, 0.05) is 39.1 Å². The number of furan rings is 1. The van der Waals surface area contributed by atoms with Gasteiger partial charge in [0.1, 0.15) is 11.2 Å². The van der Waals surface area contributed by atoms with E-state index < -0.39 is 0 Å². The Labute approximate surface area is 253 Å². The van der Waals surface area contributed by atoms with E-state index in [4.69, 9.17) is 19.4 Å². The molecule has 0 fully saturated rings. The number of rotatable bonds is 3. The van der Waals surface area contributed by atoms with Crippen LogP contribution in [0.3, 0.4) is 0 Å². The molecule has 2 aromatic heterocycles. The van der Waals surface area contributed by atoms with Crippen LogP contribution in [0.5, 0.6) is 0 Å². The summed E-state index contributed by atoms with van der Waals surface area (Å²) in [7, 11) is 0. The van der Waals surface area contributed by atoms with Crippen molar-refractivity contribution in [1.82, 2.24) is 15.0 Å². The lowest BCUT2D eigenvalue weighted by atomic mass is 9.94. The molecule has 0 N–H and O–H groups in total.